The fraction of sp³-hybridized carbons (Fsp3) is 0.538. The molecule has 0 heterocycles. The van der Waals surface area contributed by atoms with Gasteiger partial charge in [-0.05, 0) is 37.0 Å². The van der Waals surface area contributed by atoms with Crippen molar-refractivity contribution in [2.24, 2.45) is 0 Å². The highest BCUT2D eigenvalue weighted by molar-refractivity contribution is 6.60. The predicted octanol–water partition coefficient (Wildman–Crippen LogP) is 3.17. The minimum absolute atomic E-state index is 0.693. The Labute approximate surface area is 113 Å². The lowest BCUT2D eigenvalue weighted by Crippen LogP contribution is -2.42. The highest BCUT2D eigenvalue weighted by atomic mass is 28.4. The van der Waals surface area contributed by atoms with Crippen molar-refractivity contribution in [3.05, 3.63) is 35.4 Å². The van der Waals surface area contributed by atoms with Crippen molar-refractivity contribution in [3.8, 4) is 0 Å². The van der Waals surface area contributed by atoms with Gasteiger partial charge in [-0.1, -0.05) is 6.07 Å². The van der Waals surface area contributed by atoms with Crippen molar-refractivity contribution in [2.45, 2.75) is 25.3 Å². The molecule has 108 valence electrons. The molecule has 0 atom stereocenters. The molecule has 0 fully saturated rings. The summed E-state index contributed by atoms with van der Waals surface area (Å²) >= 11 is 0. The van der Waals surface area contributed by atoms with Gasteiger partial charge in [0.1, 0.15) is 0 Å². The van der Waals surface area contributed by atoms with Crippen LogP contribution < -0.4 is 0 Å². The van der Waals surface area contributed by atoms with E-state index in [9.17, 15) is 8.78 Å². The number of rotatable bonds is 8. The SMILES string of the molecule is CO[Si](CCCCc1ccc(F)c(F)c1)(OC)OC. The largest absolute Gasteiger partial charge is 0.500 e. The second kappa shape index (κ2) is 7.69. The summed E-state index contributed by atoms with van der Waals surface area (Å²) in [7, 11) is 2.22. The Morgan fingerprint density at radius 3 is 2.11 bits per heavy atom. The molecule has 0 N–H and O–H groups in total. The maximum Gasteiger partial charge on any atom is 0.500 e. The van der Waals surface area contributed by atoms with Crippen LogP contribution in [-0.4, -0.2) is 30.1 Å². The van der Waals surface area contributed by atoms with E-state index in [1.54, 1.807) is 27.4 Å². The Kier molecular flexibility index (Phi) is 6.57. The molecule has 0 aliphatic carbocycles. The average molecular weight is 290 g/mol. The fourth-order valence-corrected chi connectivity index (χ4v) is 3.72. The Bertz CT molecular complexity index is 389. The van der Waals surface area contributed by atoms with Crippen molar-refractivity contribution >= 4 is 8.80 Å². The molecule has 1 rings (SSSR count). The quantitative estimate of drug-likeness (QED) is 0.544. The van der Waals surface area contributed by atoms with Crippen LogP contribution >= 0.6 is 0 Å². The smallest absolute Gasteiger partial charge is 0.377 e. The average Bonchev–Trinajstić information content (AvgIpc) is 2.44. The van der Waals surface area contributed by atoms with Gasteiger partial charge in [-0.3, -0.25) is 0 Å². The lowest BCUT2D eigenvalue weighted by atomic mass is 10.1. The number of unbranched alkanes of at least 4 members (excludes halogenated alkanes) is 1. The van der Waals surface area contributed by atoms with E-state index in [0.717, 1.165) is 24.5 Å². The molecule has 0 aromatic heterocycles. The zero-order valence-electron chi connectivity index (χ0n) is 11.5. The van der Waals surface area contributed by atoms with E-state index in [2.05, 4.69) is 0 Å². The minimum atomic E-state index is -2.51. The van der Waals surface area contributed by atoms with Crippen molar-refractivity contribution in [1.82, 2.24) is 0 Å². The monoisotopic (exact) mass is 290 g/mol. The summed E-state index contributed by atoms with van der Waals surface area (Å²) in [5.74, 6) is -1.61. The van der Waals surface area contributed by atoms with E-state index < -0.39 is 20.4 Å². The summed E-state index contributed by atoms with van der Waals surface area (Å²) in [6.45, 7) is 0. The van der Waals surface area contributed by atoms with Gasteiger partial charge in [-0.2, -0.15) is 0 Å². The van der Waals surface area contributed by atoms with Gasteiger partial charge in [0.25, 0.3) is 0 Å². The lowest BCUT2D eigenvalue weighted by Gasteiger charge is -2.24. The highest BCUT2D eigenvalue weighted by Crippen LogP contribution is 2.18. The van der Waals surface area contributed by atoms with E-state index in [1.807, 2.05) is 0 Å². The predicted molar refractivity (Wildman–Crippen MR) is 70.9 cm³/mol. The molecule has 0 saturated carbocycles. The molecule has 0 bridgehead atoms. The normalized spacial score (nSPS) is 11.8. The van der Waals surface area contributed by atoms with Gasteiger partial charge in [0, 0.05) is 27.4 Å². The lowest BCUT2D eigenvalue weighted by molar-refractivity contribution is 0.123. The van der Waals surface area contributed by atoms with Crippen LogP contribution in [0.2, 0.25) is 6.04 Å². The first-order valence-electron chi connectivity index (χ1n) is 6.16. The Morgan fingerprint density at radius 1 is 0.947 bits per heavy atom. The summed E-state index contributed by atoms with van der Waals surface area (Å²) in [6, 6.07) is 4.71. The summed E-state index contributed by atoms with van der Waals surface area (Å²) in [5, 5.41) is 0. The second-order valence-electron chi connectivity index (χ2n) is 4.25. The van der Waals surface area contributed by atoms with Gasteiger partial charge in [0.15, 0.2) is 11.6 Å². The molecule has 0 unspecified atom stereocenters. The van der Waals surface area contributed by atoms with Crippen molar-refractivity contribution < 1.29 is 22.1 Å². The number of benzene rings is 1. The molecule has 0 aliphatic heterocycles. The van der Waals surface area contributed by atoms with Gasteiger partial charge in [0.2, 0.25) is 0 Å². The van der Waals surface area contributed by atoms with Gasteiger partial charge in [-0.15, -0.1) is 0 Å². The molecule has 0 saturated heterocycles. The number of aryl methyl sites for hydroxylation is 1. The molecule has 0 aliphatic rings. The molecule has 6 heteroatoms. The zero-order valence-corrected chi connectivity index (χ0v) is 12.5. The van der Waals surface area contributed by atoms with Crippen LogP contribution in [0.3, 0.4) is 0 Å². The summed E-state index contributed by atoms with van der Waals surface area (Å²) in [4.78, 5) is 0. The van der Waals surface area contributed by atoms with E-state index in [1.165, 1.54) is 6.07 Å². The Balaban J connectivity index is 2.40. The van der Waals surface area contributed by atoms with Crippen LogP contribution in [0.25, 0.3) is 0 Å². The first-order valence-corrected chi connectivity index (χ1v) is 8.09. The zero-order chi connectivity index (χ0) is 14.3. The Hall–Kier alpha value is -0.823. The van der Waals surface area contributed by atoms with Crippen molar-refractivity contribution in [3.63, 3.8) is 0 Å². The standard InChI is InChI=1S/C13H20F2O3Si/c1-16-19(17-2,18-3)9-5-4-6-11-7-8-12(14)13(15)10-11/h7-8,10H,4-6,9H2,1-3H3. The number of halogens is 2. The third kappa shape index (κ3) is 4.65. The summed E-state index contributed by atoms with van der Waals surface area (Å²) in [5.41, 5.74) is 0.790. The highest BCUT2D eigenvalue weighted by Gasteiger charge is 2.36. The minimum Gasteiger partial charge on any atom is -0.377 e. The van der Waals surface area contributed by atoms with Crippen LogP contribution in [0.5, 0.6) is 0 Å². The molecule has 0 spiro atoms. The number of hydrogen-bond donors (Lipinski definition) is 0. The van der Waals surface area contributed by atoms with E-state index in [-0.39, 0.29) is 0 Å². The number of hydrogen-bond acceptors (Lipinski definition) is 3. The Morgan fingerprint density at radius 2 is 1.58 bits per heavy atom. The van der Waals surface area contributed by atoms with Crippen LogP contribution in [0.4, 0.5) is 8.78 Å². The summed E-state index contributed by atoms with van der Waals surface area (Å²) < 4.78 is 41.7. The van der Waals surface area contributed by atoms with Crippen LogP contribution in [0.1, 0.15) is 18.4 Å². The first-order chi connectivity index (χ1) is 9.06. The summed E-state index contributed by atoms with van der Waals surface area (Å²) in [6.07, 6.45) is 2.38. The van der Waals surface area contributed by atoms with Gasteiger partial charge >= 0.3 is 8.80 Å². The molecular formula is C13H20F2O3Si. The fourth-order valence-electron chi connectivity index (χ4n) is 1.92. The van der Waals surface area contributed by atoms with Gasteiger partial charge < -0.3 is 13.3 Å². The van der Waals surface area contributed by atoms with Crippen LogP contribution in [0.15, 0.2) is 18.2 Å². The molecule has 3 nitrogen and oxygen atoms in total. The van der Waals surface area contributed by atoms with Gasteiger partial charge in [0.05, 0.1) is 0 Å². The third-order valence-electron chi connectivity index (χ3n) is 3.12. The van der Waals surface area contributed by atoms with Crippen molar-refractivity contribution in [2.75, 3.05) is 21.3 Å². The van der Waals surface area contributed by atoms with Crippen LogP contribution in [0, 0.1) is 11.6 Å². The molecule has 1 aromatic rings. The maximum absolute atomic E-state index is 13.0. The second-order valence-corrected chi connectivity index (χ2v) is 7.34. The van der Waals surface area contributed by atoms with Crippen molar-refractivity contribution in [1.29, 1.82) is 0 Å². The van der Waals surface area contributed by atoms with E-state index >= 15 is 0 Å². The molecule has 0 amide bonds. The van der Waals surface area contributed by atoms with Gasteiger partial charge in [-0.25, -0.2) is 8.78 Å². The third-order valence-corrected chi connectivity index (χ3v) is 5.95. The topological polar surface area (TPSA) is 27.7 Å². The molecule has 19 heavy (non-hydrogen) atoms. The van der Waals surface area contributed by atoms with E-state index in [0.29, 0.717) is 12.5 Å². The molecular weight excluding hydrogens is 270 g/mol. The van der Waals surface area contributed by atoms with E-state index in [4.69, 9.17) is 13.3 Å². The molecule has 1 aromatic carbocycles. The van der Waals surface area contributed by atoms with Crippen LogP contribution in [-0.2, 0) is 19.7 Å². The first kappa shape index (κ1) is 16.2. The molecule has 0 radical (unpaired) electrons. The maximum atomic E-state index is 13.0.